The average molecular weight is 288 g/mol. The number of anilines is 1. The molecule has 3 N–H and O–H groups in total. The third kappa shape index (κ3) is 2.76. The Morgan fingerprint density at radius 3 is 3.24 bits per heavy atom. The zero-order valence-corrected chi connectivity index (χ0v) is 11.5. The first-order valence-electron chi connectivity index (χ1n) is 6.61. The highest BCUT2D eigenvalue weighted by atomic mass is 16.5. The lowest BCUT2D eigenvalue weighted by Crippen LogP contribution is -2.23. The third-order valence-corrected chi connectivity index (χ3v) is 3.34. The molecule has 2 aromatic rings. The molecule has 1 aliphatic heterocycles. The molecule has 1 unspecified atom stereocenters. The summed E-state index contributed by atoms with van der Waals surface area (Å²) in [6.45, 7) is 0.670. The quantitative estimate of drug-likeness (QED) is 0.777. The molecule has 7 heteroatoms. The maximum absolute atomic E-state index is 11.3. The Morgan fingerprint density at radius 1 is 1.57 bits per heavy atom. The summed E-state index contributed by atoms with van der Waals surface area (Å²) >= 11 is 0. The summed E-state index contributed by atoms with van der Waals surface area (Å²) in [6.07, 6.45) is 3.44. The maximum atomic E-state index is 11.3. The number of likely N-dealkylation sites (N-methyl/N-ethyl adjacent to an activating group) is 1. The Morgan fingerprint density at radius 2 is 2.43 bits per heavy atom. The maximum Gasteiger partial charge on any atom is 0.241 e. The lowest BCUT2D eigenvalue weighted by Gasteiger charge is -2.10. The van der Waals surface area contributed by atoms with Gasteiger partial charge in [-0.05, 0) is 12.1 Å². The number of aromatic nitrogens is 2. The number of hydrogen-bond acceptors (Lipinski definition) is 5. The smallest absolute Gasteiger partial charge is 0.241 e. The van der Waals surface area contributed by atoms with Gasteiger partial charge in [-0.2, -0.15) is 5.10 Å². The predicted molar refractivity (Wildman–Crippen MR) is 76.3 cm³/mol. The monoisotopic (exact) mass is 288 g/mol. The number of nitrogens with zero attached hydrogens (tertiary/aromatic N) is 2. The van der Waals surface area contributed by atoms with Crippen LogP contribution in [-0.4, -0.2) is 34.4 Å². The normalized spacial score (nSPS) is 16.1. The molecular formula is C14H16N4O3. The van der Waals surface area contributed by atoms with Gasteiger partial charge in [0.05, 0.1) is 17.9 Å². The first-order chi connectivity index (χ1) is 10.2. The second-order valence-electron chi connectivity index (χ2n) is 4.83. The van der Waals surface area contributed by atoms with Gasteiger partial charge in [0.25, 0.3) is 0 Å². The molecule has 1 amide bonds. The van der Waals surface area contributed by atoms with Crippen LogP contribution in [0.4, 0.5) is 5.69 Å². The summed E-state index contributed by atoms with van der Waals surface area (Å²) in [4.78, 5) is 11.3. The van der Waals surface area contributed by atoms with Gasteiger partial charge in [0.1, 0.15) is 24.7 Å². The van der Waals surface area contributed by atoms with Crippen LogP contribution >= 0.6 is 0 Å². The van der Waals surface area contributed by atoms with Gasteiger partial charge in [-0.1, -0.05) is 0 Å². The fraction of sp³-hybridized carbons (Fsp3) is 0.286. The van der Waals surface area contributed by atoms with Crippen molar-refractivity contribution in [2.75, 3.05) is 19.0 Å². The lowest BCUT2D eigenvalue weighted by molar-refractivity contribution is -0.121. The Kier molecular flexibility index (Phi) is 3.39. The van der Waals surface area contributed by atoms with E-state index in [-0.39, 0.29) is 24.2 Å². The van der Waals surface area contributed by atoms with Crippen molar-refractivity contribution < 1.29 is 14.6 Å². The van der Waals surface area contributed by atoms with Gasteiger partial charge >= 0.3 is 0 Å². The molecule has 2 heterocycles. The summed E-state index contributed by atoms with van der Waals surface area (Å²) in [6, 6.07) is 5.08. The lowest BCUT2D eigenvalue weighted by atomic mass is 10.1. The molecule has 1 aromatic heterocycles. The Labute approximate surface area is 121 Å². The third-order valence-electron chi connectivity index (χ3n) is 3.34. The van der Waals surface area contributed by atoms with E-state index < -0.39 is 0 Å². The van der Waals surface area contributed by atoms with E-state index in [9.17, 15) is 9.90 Å². The molecule has 3 rings (SSSR count). The Balaban J connectivity index is 1.70. The molecule has 110 valence electrons. The Bertz CT molecular complexity index is 668. The number of phenols is 1. The van der Waals surface area contributed by atoms with E-state index in [1.54, 1.807) is 36.3 Å². The number of phenolic OH excluding ortho intramolecular Hbond substituents is 1. The molecule has 1 aliphatic rings. The van der Waals surface area contributed by atoms with Crippen molar-refractivity contribution in [3.63, 3.8) is 0 Å². The summed E-state index contributed by atoms with van der Waals surface area (Å²) in [5.74, 6) is 0.771. The number of rotatable bonds is 4. The van der Waals surface area contributed by atoms with Gasteiger partial charge in [0, 0.05) is 24.9 Å². The van der Waals surface area contributed by atoms with Crippen LogP contribution in [0.3, 0.4) is 0 Å². The van der Waals surface area contributed by atoms with Crippen LogP contribution in [0.1, 0.15) is 11.6 Å². The SMILES string of the molecule is CNC(=O)Cn1cc(NC2COc3cc(O)ccc32)cn1. The summed E-state index contributed by atoms with van der Waals surface area (Å²) in [7, 11) is 1.59. The highest BCUT2D eigenvalue weighted by Gasteiger charge is 2.24. The van der Waals surface area contributed by atoms with E-state index in [0.717, 1.165) is 11.3 Å². The van der Waals surface area contributed by atoms with Crippen LogP contribution in [0.5, 0.6) is 11.5 Å². The number of carbonyl (C=O) groups is 1. The first-order valence-corrected chi connectivity index (χ1v) is 6.61. The van der Waals surface area contributed by atoms with Crippen molar-refractivity contribution in [3.8, 4) is 11.5 Å². The van der Waals surface area contributed by atoms with Gasteiger partial charge in [-0.15, -0.1) is 0 Å². The molecule has 21 heavy (non-hydrogen) atoms. The number of fused-ring (bicyclic) bond motifs is 1. The molecule has 0 spiro atoms. The number of amides is 1. The van der Waals surface area contributed by atoms with E-state index in [4.69, 9.17) is 4.74 Å². The van der Waals surface area contributed by atoms with Gasteiger partial charge in [0.15, 0.2) is 0 Å². The second-order valence-corrected chi connectivity index (χ2v) is 4.83. The van der Waals surface area contributed by atoms with E-state index in [2.05, 4.69) is 15.7 Å². The van der Waals surface area contributed by atoms with Gasteiger partial charge in [-0.3, -0.25) is 9.48 Å². The number of nitrogens with one attached hydrogen (secondary N) is 2. The highest BCUT2D eigenvalue weighted by Crippen LogP contribution is 2.36. The molecular weight excluding hydrogens is 272 g/mol. The predicted octanol–water partition coefficient (Wildman–Crippen LogP) is 0.880. The Hall–Kier alpha value is -2.70. The van der Waals surface area contributed by atoms with Gasteiger partial charge < -0.3 is 20.5 Å². The molecule has 0 bridgehead atoms. The number of benzene rings is 1. The van der Waals surface area contributed by atoms with Crippen LogP contribution in [0.15, 0.2) is 30.6 Å². The van der Waals surface area contributed by atoms with Crippen molar-refractivity contribution in [1.82, 2.24) is 15.1 Å². The largest absolute Gasteiger partial charge is 0.508 e. The second kappa shape index (κ2) is 5.35. The van der Waals surface area contributed by atoms with Crippen LogP contribution in [-0.2, 0) is 11.3 Å². The molecule has 7 nitrogen and oxygen atoms in total. The van der Waals surface area contributed by atoms with Gasteiger partial charge in [-0.25, -0.2) is 0 Å². The topological polar surface area (TPSA) is 88.4 Å². The number of carbonyl (C=O) groups excluding carboxylic acids is 1. The summed E-state index contributed by atoms with van der Waals surface area (Å²) in [5, 5.41) is 19.4. The van der Waals surface area contributed by atoms with Crippen molar-refractivity contribution in [1.29, 1.82) is 0 Å². The highest BCUT2D eigenvalue weighted by molar-refractivity contribution is 5.75. The minimum absolute atomic E-state index is 0.00162. The number of aromatic hydroxyl groups is 1. The van der Waals surface area contributed by atoms with Crippen LogP contribution in [0.25, 0.3) is 0 Å². The van der Waals surface area contributed by atoms with Crippen LogP contribution < -0.4 is 15.4 Å². The minimum Gasteiger partial charge on any atom is -0.508 e. The molecule has 0 radical (unpaired) electrons. The van der Waals surface area contributed by atoms with Crippen molar-refractivity contribution in [3.05, 3.63) is 36.2 Å². The average Bonchev–Trinajstić information content (AvgIpc) is 3.06. The first kappa shape index (κ1) is 13.3. The fourth-order valence-electron chi connectivity index (χ4n) is 2.27. The molecule has 1 atom stereocenters. The molecule has 0 fully saturated rings. The molecule has 1 aromatic carbocycles. The van der Waals surface area contributed by atoms with E-state index in [0.29, 0.717) is 12.4 Å². The van der Waals surface area contributed by atoms with Gasteiger partial charge in [0.2, 0.25) is 5.91 Å². The van der Waals surface area contributed by atoms with Crippen molar-refractivity contribution in [2.45, 2.75) is 12.6 Å². The van der Waals surface area contributed by atoms with E-state index in [1.807, 2.05) is 6.07 Å². The molecule has 0 saturated heterocycles. The minimum atomic E-state index is -0.102. The zero-order chi connectivity index (χ0) is 14.8. The zero-order valence-electron chi connectivity index (χ0n) is 11.5. The standard InChI is InChI=1S/C14H16N4O3/c1-15-14(20)7-18-6-9(5-16-18)17-12-8-21-13-4-10(19)2-3-11(12)13/h2-6,12,17,19H,7-8H2,1H3,(H,15,20). The molecule has 0 saturated carbocycles. The number of ether oxygens (including phenoxy) is 1. The van der Waals surface area contributed by atoms with Crippen LogP contribution in [0.2, 0.25) is 0 Å². The number of hydrogen-bond donors (Lipinski definition) is 3. The van der Waals surface area contributed by atoms with Crippen LogP contribution in [0, 0.1) is 0 Å². The summed E-state index contributed by atoms with van der Waals surface area (Å²) in [5.41, 5.74) is 1.81. The summed E-state index contributed by atoms with van der Waals surface area (Å²) < 4.78 is 7.10. The van der Waals surface area contributed by atoms with Crippen molar-refractivity contribution >= 4 is 11.6 Å². The molecule has 0 aliphatic carbocycles. The fourth-order valence-corrected chi connectivity index (χ4v) is 2.27. The van der Waals surface area contributed by atoms with E-state index >= 15 is 0 Å². The van der Waals surface area contributed by atoms with E-state index in [1.165, 1.54) is 0 Å². The van der Waals surface area contributed by atoms with Crippen molar-refractivity contribution in [2.24, 2.45) is 0 Å².